The van der Waals surface area contributed by atoms with Crippen molar-refractivity contribution in [3.05, 3.63) is 47.3 Å². The standard InChI is InChI=1S/C12H14N4O/c1-9-4-3-5-10(6-9)7-13-12(17)11-8-16(2)15-14-11/h3-6,8H,7H2,1-2H3,(H,13,17). The van der Waals surface area contributed by atoms with Gasteiger partial charge in [0.05, 0.1) is 6.20 Å². The van der Waals surface area contributed by atoms with E-state index in [1.807, 2.05) is 31.2 Å². The molecule has 0 aliphatic heterocycles. The number of nitrogens with zero attached hydrogens (tertiary/aromatic N) is 3. The van der Waals surface area contributed by atoms with Crippen molar-refractivity contribution in [1.82, 2.24) is 20.3 Å². The fraction of sp³-hybridized carbons (Fsp3) is 0.250. The summed E-state index contributed by atoms with van der Waals surface area (Å²) >= 11 is 0. The molecule has 1 aromatic carbocycles. The molecule has 2 rings (SSSR count). The quantitative estimate of drug-likeness (QED) is 0.857. The van der Waals surface area contributed by atoms with Crippen molar-refractivity contribution in [3.63, 3.8) is 0 Å². The van der Waals surface area contributed by atoms with Gasteiger partial charge in [0.25, 0.3) is 5.91 Å². The molecule has 0 atom stereocenters. The molecule has 0 aliphatic rings. The van der Waals surface area contributed by atoms with Gasteiger partial charge in [-0.25, -0.2) is 0 Å². The van der Waals surface area contributed by atoms with Crippen molar-refractivity contribution in [2.45, 2.75) is 13.5 Å². The molecule has 0 radical (unpaired) electrons. The lowest BCUT2D eigenvalue weighted by atomic mass is 10.1. The Bertz CT molecular complexity index is 533. The second-order valence-corrected chi connectivity index (χ2v) is 3.95. The van der Waals surface area contributed by atoms with E-state index < -0.39 is 0 Å². The molecule has 5 heteroatoms. The van der Waals surface area contributed by atoms with Gasteiger partial charge >= 0.3 is 0 Å². The monoisotopic (exact) mass is 230 g/mol. The number of aromatic nitrogens is 3. The SMILES string of the molecule is Cc1cccc(CNC(=O)c2cn(C)nn2)c1. The van der Waals surface area contributed by atoms with Crippen LogP contribution in [0.4, 0.5) is 0 Å². The van der Waals surface area contributed by atoms with Crippen LogP contribution in [0.1, 0.15) is 21.6 Å². The third-order valence-electron chi connectivity index (χ3n) is 2.37. The van der Waals surface area contributed by atoms with Gasteiger partial charge in [0.1, 0.15) is 0 Å². The second-order valence-electron chi connectivity index (χ2n) is 3.95. The van der Waals surface area contributed by atoms with Crippen LogP contribution in [0.3, 0.4) is 0 Å². The Balaban J connectivity index is 1.97. The number of benzene rings is 1. The van der Waals surface area contributed by atoms with Crippen LogP contribution in [-0.2, 0) is 13.6 Å². The zero-order chi connectivity index (χ0) is 12.3. The van der Waals surface area contributed by atoms with Gasteiger partial charge in [-0.05, 0) is 12.5 Å². The summed E-state index contributed by atoms with van der Waals surface area (Å²) in [5.74, 6) is -0.209. The summed E-state index contributed by atoms with van der Waals surface area (Å²) in [6, 6.07) is 8.01. The van der Waals surface area contributed by atoms with Gasteiger partial charge in [-0.15, -0.1) is 5.10 Å². The molecule has 0 bridgehead atoms. The van der Waals surface area contributed by atoms with Crippen LogP contribution in [0.25, 0.3) is 0 Å². The fourth-order valence-corrected chi connectivity index (χ4v) is 1.55. The van der Waals surface area contributed by atoms with Gasteiger partial charge in [-0.2, -0.15) is 0 Å². The second kappa shape index (κ2) is 4.78. The van der Waals surface area contributed by atoms with E-state index in [1.54, 1.807) is 13.2 Å². The molecule has 5 nitrogen and oxygen atoms in total. The van der Waals surface area contributed by atoms with Crippen LogP contribution in [0.15, 0.2) is 30.5 Å². The molecule has 0 unspecified atom stereocenters. The molecule has 1 heterocycles. The van der Waals surface area contributed by atoms with Gasteiger partial charge in [0.15, 0.2) is 5.69 Å². The average molecular weight is 230 g/mol. The fourth-order valence-electron chi connectivity index (χ4n) is 1.55. The summed E-state index contributed by atoms with van der Waals surface area (Å²) < 4.78 is 1.50. The van der Waals surface area contributed by atoms with Crippen molar-refractivity contribution in [2.75, 3.05) is 0 Å². The molecule has 0 saturated carbocycles. The first-order chi connectivity index (χ1) is 8.15. The Labute approximate surface area is 99.5 Å². The molecule has 1 amide bonds. The first-order valence-electron chi connectivity index (χ1n) is 5.35. The molecule has 17 heavy (non-hydrogen) atoms. The Morgan fingerprint density at radius 1 is 1.47 bits per heavy atom. The maximum atomic E-state index is 11.7. The molecule has 0 aliphatic carbocycles. The number of hydrogen-bond donors (Lipinski definition) is 1. The summed E-state index contributed by atoms with van der Waals surface area (Å²) in [5, 5.41) is 10.3. The smallest absolute Gasteiger partial charge is 0.273 e. The van der Waals surface area contributed by atoms with E-state index >= 15 is 0 Å². The van der Waals surface area contributed by atoms with Gasteiger partial charge in [0.2, 0.25) is 0 Å². The Hall–Kier alpha value is -2.17. The highest BCUT2D eigenvalue weighted by Gasteiger charge is 2.08. The minimum atomic E-state index is -0.209. The summed E-state index contributed by atoms with van der Waals surface area (Å²) in [6.07, 6.45) is 1.59. The minimum absolute atomic E-state index is 0.209. The lowest BCUT2D eigenvalue weighted by Gasteiger charge is -2.03. The van der Waals surface area contributed by atoms with Crippen molar-refractivity contribution in [2.24, 2.45) is 7.05 Å². The van der Waals surface area contributed by atoms with Crippen molar-refractivity contribution in [3.8, 4) is 0 Å². The summed E-state index contributed by atoms with van der Waals surface area (Å²) in [4.78, 5) is 11.7. The predicted molar refractivity (Wildman–Crippen MR) is 63.4 cm³/mol. The van der Waals surface area contributed by atoms with Crippen LogP contribution in [0.5, 0.6) is 0 Å². The number of carbonyl (C=O) groups is 1. The Morgan fingerprint density at radius 3 is 2.94 bits per heavy atom. The predicted octanol–water partition coefficient (Wildman–Crippen LogP) is 1.05. The van der Waals surface area contributed by atoms with E-state index in [9.17, 15) is 4.79 Å². The third kappa shape index (κ3) is 2.90. The van der Waals surface area contributed by atoms with E-state index in [0.717, 1.165) is 5.56 Å². The third-order valence-corrected chi connectivity index (χ3v) is 2.37. The van der Waals surface area contributed by atoms with E-state index in [0.29, 0.717) is 12.2 Å². The maximum absolute atomic E-state index is 11.7. The number of nitrogens with one attached hydrogen (secondary N) is 1. The molecule has 2 aromatic rings. The molecule has 0 spiro atoms. The normalized spacial score (nSPS) is 10.2. The molecule has 0 fully saturated rings. The van der Waals surface area contributed by atoms with E-state index in [2.05, 4.69) is 15.6 Å². The molecule has 88 valence electrons. The molecular weight excluding hydrogens is 216 g/mol. The lowest BCUT2D eigenvalue weighted by Crippen LogP contribution is -2.23. The van der Waals surface area contributed by atoms with Crippen LogP contribution in [-0.4, -0.2) is 20.9 Å². The number of aryl methyl sites for hydroxylation is 2. The highest BCUT2D eigenvalue weighted by Crippen LogP contribution is 2.03. The molecule has 1 N–H and O–H groups in total. The Morgan fingerprint density at radius 2 is 2.29 bits per heavy atom. The van der Waals surface area contributed by atoms with Crippen molar-refractivity contribution in [1.29, 1.82) is 0 Å². The minimum Gasteiger partial charge on any atom is -0.347 e. The van der Waals surface area contributed by atoms with E-state index in [-0.39, 0.29) is 5.91 Å². The van der Waals surface area contributed by atoms with Crippen LogP contribution >= 0.6 is 0 Å². The largest absolute Gasteiger partial charge is 0.347 e. The molecular formula is C12H14N4O. The van der Waals surface area contributed by atoms with Gasteiger partial charge in [-0.3, -0.25) is 9.48 Å². The summed E-state index contributed by atoms with van der Waals surface area (Å²) in [7, 11) is 1.73. The van der Waals surface area contributed by atoms with Crippen molar-refractivity contribution >= 4 is 5.91 Å². The van der Waals surface area contributed by atoms with Gasteiger partial charge in [-0.1, -0.05) is 35.0 Å². The number of hydrogen-bond acceptors (Lipinski definition) is 3. The van der Waals surface area contributed by atoms with E-state index in [4.69, 9.17) is 0 Å². The first-order valence-corrected chi connectivity index (χ1v) is 5.35. The molecule has 0 saturated heterocycles. The number of rotatable bonds is 3. The first kappa shape index (κ1) is 11.3. The number of carbonyl (C=O) groups excluding carboxylic acids is 1. The highest BCUT2D eigenvalue weighted by molar-refractivity contribution is 5.91. The van der Waals surface area contributed by atoms with Gasteiger partial charge < -0.3 is 5.32 Å². The van der Waals surface area contributed by atoms with E-state index in [1.165, 1.54) is 10.2 Å². The number of amides is 1. The average Bonchev–Trinajstić information content (AvgIpc) is 2.73. The lowest BCUT2D eigenvalue weighted by molar-refractivity contribution is 0.0946. The van der Waals surface area contributed by atoms with Crippen molar-refractivity contribution < 1.29 is 4.79 Å². The van der Waals surface area contributed by atoms with Crippen LogP contribution in [0.2, 0.25) is 0 Å². The topological polar surface area (TPSA) is 59.8 Å². The Kier molecular flexibility index (Phi) is 3.18. The zero-order valence-corrected chi connectivity index (χ0v) is 9.84. The van der Waals surface area contributed by atoms with Crippen LogP contribution in [0, 0.1) is 6.92 Å². The summed E-state index contributed by atoms with van der Waals surface area (Å²) in [5.41, 5.74) is 2.58. The summed E-state index contributed by atoms with van der Waals surface area (Å²) in [6.45, 7) is 2.52. The zero-order valence-electron chi connectivity index (χ0n) is 9.84. The highest BCUT2D eigenvalue weighted by atomic mass is 16.1. The van der Waals surface area contributed by atoms with Crippen LogP contribution < -0.4 is 5.32 Å². The van der Waals surface area contributed by atoms with Gasteiger partial charge in [0, 0.05) is 13.6 Å². The maximum Gasteiger partial charge on any atom is 0.273 e. The molecule has 1 aromatic heterocycles.